The van der Waals surface area contributed by atoms with E-state index in [1.165, 1.54) is 69.0 Å². The van der Waals surface area contributed by atoms with Gasteiger partial charge >= 0.3 is 7.82 Å². The number of phosphoric acid groups is 1. The normalized spacial score (nSPS) is 35.1. The second kappa shape index (κ2) is 15.4. The van der Waals surface area contributed by atoms with Crippen LogP contribution in [0.15, 0.2) is 48.6 Å². The summed E-state index contributed by atoms with van der Waals surface area (Å²) in [5.74, 6) is 4.30. The first-order valence-corrected chi connectivity index (χ1v) is 22.9. The Kier molecular flexibility index (Phi) is 11.0. The number of nitrogens with zero attached hydrogens (tertiary/aromatic N) is 5. The highest BCUT2D eigenvalue weighted by Gasteiger charge is 2.60. The molecule has 1 aliphatic heterocycles. The van der Waals surface area contributed by atoms with Gasteiger partial charge in [0.05, 0.1) is 17.4 Å². The second-order valence-corrected chi connectivity index (χ2v) is 20.4. The van der Waals surface area contributed by atoms with Gasteiger partial charge in [-0.2, -0.15) is 0 Å². The van der Waals surface area contributed by atoms with Gasteiger partial charge in [-0.1, -0.05) is 77.7 Å². The standard InChI is InChI=1S/C43H61N6O7P/c1-25(2)7-6-8-26(3)32-15-16-33-31-14-11-29-21-28(17-19-42(29,4)34(31)18-20-43(32,33)5)37(27-9-12-30(13-10-27)49(50)51)39-35(56-57(52,53)54)22-36(55-39)48-24-47-38-40(44)45-23-46-41(38)48/h9-13,23-26,28,31-37,39H,6-8,14-22H2,1-5H3,(H2,44,45,46)(H2,52,53,54)/t26-,28?,31?,32-,33?,34?,35+,36-,37?,39+,42+,43-/m1/s1. The minimum Gasteiger partial charge on any atom is -0.382 e. The molecule has 0 amide bonds. The lowest BCUT2D eigenvalue weighted by Gasteiger charge is -2.59. The van der Waals surface area contributed by atoms with Crippen LogP contribution in [-0.4, -0.2) is 46.4 Å². The molecule has 4 fully saturated rings. The number of hydrogen-bond acceptors (Lipinski definition) is 9. The molecule has 3 saturated carbocycles. The lowest BCUT2D eigenvalue weighted by molar-refractivity contribution is -0.384. The summed E-state index contributed by atoms with van der Waals surface area (Å²) in [7, 11) is -4.94. The quantitative estimate of drug-likeness (QED) is 0.0684. The molecule has 1 saturated heterocycles. The smallest absolute Gasteiger partial charge is 0.382 e. The Bertz CT molecular complexity index is 2030. The molecule has 310 valence electrons. The number of phosphoric ester groups is 1. The molecular formula is C43H61N6O7P. The zero-order valence-electron chi connectivity index (χ0n) is 34.1. The van der Waals surface area contributed by atoms with Crippen LogP contribution < -0.4 is 5.73 Å². The summed E-state index contributed by atoms with van der Waals surface area (Å²) in [6.45, 7) is 12.3. The molecule has 13 nitrogen and oxygen atoms in total. The molecule has 3 heterocycles. The van der Waals surface area contributed by atoms with Crippen molar-refractivity contribution >= 4 is 30.5 Å². The highest BCUT2D eigenvalue weighted by Crippen LogP contribution is 2.68. The van der Waals surface area contributed by atoms with Crippen molar-refractivity contribution in [3.05, 3.63) is 64.2 Å². The summed E-state index contributed by atoms with van der Waals surface area (Å²) >= 11 is 0. The van der Waals surface area contributed by atoms with E-state index in [-0.39, 0.29) is 35.2 Å². The molecule has 8 rings (SSSR count). The van der Waals surface area contributed by atoms with E-state index in [4.69, 9.17) is 15.0 Å². The number of imidazole rings is 1. The molecule has 57 heavy (non-hydrogen) atoms. The zero-order chi connectivity index (χ0) is 40.4. The number of nitrogens with two attached hydrogens (primary N) is 1. The fourth-order valence-electron chi connectivity index (χ4n) is 13.1. The minimum absolute atomic E-state index is 0.0199. The molecule has 5 unspecified atom stereocenters. The van der Waals surface area contributed by atoms with E-state index in [2.05, 4.69) is 55.6 Å². The van der Waals surface area contributed by atoms with Crippen LogP contribution in [0, 0.1) is 62.4 Å². The number of nitro groups is 1. The van der Waals surface area contributed by atoms with Crippen LogP contribution in [0.4, 0.5) is 11.5 Å². The van der Waals surface area contributed by atoms with Gasteiger partial charge in [-0.05, 0) is 109 Å². The van der Waals surface area contributed by atoms with E-state index in [0.29, 0.717) is 28.4 Å². The van der Waals surface area contributed by atoms with Crippen molar-refractivity contribution in [1.29, 1.82) is 0 Å². The van der Waals surface area contributed by atoms with Crippen molar-refractivity contribution in [3.63, 3.8) is 0 Å². The minimum atomic E-state index is -4.94. The highest BCUT2D eigenvalue weighted by atomic mass is 31.2. The van der Waals surface area contributed by atoms with Crippen LogP contribution in [0.5, 0.6) is 0 Å². The number of non-ortho nitro benzene ring substituents is 1. The van der Waals surface area contributed by atoms with Gasteiger partial charge in [-0.3, -0.25) is 19.2 Å². The van der Waals surface area contributed by atoms with Crippen molar-refractivity contribution in [2.75, 3.05) is 5.73 Å². The van der Waals surface area contributed by atoms with Crippen molar-refractivity contribution in [3.8, 4) is 0 Å². The second-order valence-electron chi connectivity index (χ2n) is 19.2. The number of ether oxygens (including phenoxy) is 1. The van der Waals surface area contributed by atoms with E-state index < -0.39 is 31.2 Å². The Morgan fingerprint density at radius 1 is 1.05 bits per heavy atom. The van der Waals surface area contributed by atoms with Gasteiger partial charge in [0.25, 0.3) is 5.69 Å². The third-order valence-corrected chi connectivity index (χ3v) is 16.3. The summed E-state index contributed by atoms with van der Waals surface area (Å²) in [4.78, 5) is 44.5. The van der Waals surface area contributed by atoms with Crippen molar-refractivity contribution < 1.29 is 28.5 Å². The maximum Gasteiger partial charge on any atom is 0.469 e. The summed E-state index contributed by atoms with van der Waals surface area (Å²) in [5.41, 5.74) is 9.72. The average Bonchev–Trinajstić information content (AvgIpc) is 3.87. The van der Waals surface area contributed by atoms with Crippen LogP contribution >= 0.6 is 7.82 Å². The molecule has 3 aromatic rings. The summed E-state index contributed by atoms with van der Waals surface area (Å²) < 4.78 is 26.6. The van der Waals surface area contributed by atoms with Gasteiger partial charge < -0.3 is 20.3 Å². The van der Waals surface area contributed by atoms with Gasteiger partial charge in [-0.15, -0.1) is 0 Å². The Labute approximate surface area is 336 Å². The first kappa shape index (κ1) is 40.6. The van der Waals surface area contributed by atoms with Gasteiger partial charge in [0, 0.05) is 24.5 Å². The van der Waals surface area contributed by atoms with Crippen LogP contribution in [-0.2, 0) is 13.8 Å². The number of aromatic nitrogens is 4. The third kappa shape index (κ3) is 7.49. The Morgan fingerprint density at radius 2 is 1.82 bits per heavy atom. The molecule has 14 heteroatoms. The van der Waals surface area contributed by atoms with E-state index in [1.807, 2.05) is 0 Å². The number of anilines is 1. The van der Waals surface area contributed by atoms with Gasteiger partial charge in [-0.25, -0.2) is 19.5 Å². The fraction of sp³-hybridized carbons (Fsp3) is 0.698. The predicted octanol–water partition coefficient (Wildman–Crippen LogP) is 9.52. The largest absolute Gasteiger partial charge is 0.469 e. The van der Waals surface area contributed by atoms with E-state index in [9.17, 15) is 24.5 Å². The molecule has 5 aliphatic rings. The van der Waals surface area contributed by atoms with Gasteiger partial charge in [0.2, 0.25) is 0 Å². The van der Waals surface area contributed by atoms with E-state index in [1.54, 1.807) is 23.0 Å². The van der Waals surface area contributed by atoms with Gasteiger partial charge in [0.1, 0.15) is 24.2 Å². The Morgan fingerprint density at radius 3 is 2.54 bits per heavy atom. The number of nitro benzene ring substituents is 1. The third-order valence-electron chi connectivity index (χ3n) is 15.8. The molecule has 12 atom stereocenters. The molecular weight excluding hydrogens is 743 g/mol. The number of rotatable bonds is 12. The Hall–Kier alpha value is -3.22. The number of benzene rings is 1. The van der Waals surface area contributed by atoms with Crippen LogP contribution in [0.25, 0.3) is 11.2 Å². The molecule has 0 bridgehead atoms. The summed E-state index contributed by atoms with van der Waals surface area (Å²) in [6.07, 6.45) is 16.2. The average molecular weight is 805 g/mol. The van der Waals surface area contributed by atoms with Crippen molar-refractivity contribution in [2.45, 2.75) is 136 Å². The number of nitrogen functional groups attached to an aromatic ring is 1. The SMILES string of the molecule is CC(C)CCC[C@@H](C)[C@H]1CCC2C3CC=C4CC(C(c5ccc([N+](=O)[O-])cc5)[C@H]5O[C@@H](n6cnc7c(N)ncnc76)C[C@@H]5OP(=O)(O)O)CC[C@]4(C)C3CC[C@@]21C. The maximum absolute atomic E-state index is 12.5. The molecule has 0 radical (unpaired) electrons. The molecule has 4 aliphatic carbocycles. The first-order valence-electron chi connectivity index (χ1n) is 21.3. The fourth-order valence-corrected chi connectivity index (χ4v) is 13.6. The topological polar surface area (TPSA) is 189 Å². The highest BCUT2D eigenvalue weighted by molar-refractivity contribution is 7.46. The number of hydrogen-bond donors (Lipinski definition) is 3. The zero-order valence-corrected chi connectivity index (χ0v) is 35.0. The molecule has 0 spiro atoms. The van der Waals surface area contributed by atoms with Crippen LogP contribution in [0.1, 0.15) is 129 Å². The maximum atomic E-state index is 12.5. The van der Waals surface area contributed by atoms with E-state index in [0.717, 1.165) is 54.9 Å². The lowest BCUT2D eigenvalue weighted by atomic mass is 9.46. The number of fused-ring (bicyclic) bond motifs is 6. The van der Waals surface area contributed by atoms with Crippen LogP contribution in [0.2, 0.25) is 0 Å². The molecule has 1 aromatic carbocycles. The Balaban J connectivity index is 1.09. The molecule has 4 N–H and O–H groups in total. The first-order chi connectivity index (χ1) is 27.1. The summed E-state index contributed by atoms with van der Waals surface area (Å²) in [6, 6.07) is 6.56. The monoisotopic (exact) mass is 804 g/mol. The number of allylic oxidation sites excluding steroid dienone is 2. The molecule has 2 aromatic heterocycles. The van der Waals surface area contributed by atoms with Crippen LogP contribution in [0.3, 0.4) is 0 Å². The summed E-state index contributed by atoms with van der Waals surface area (Å²) in [5, 5.41) is 11.7. The van der Waals surface area contributed by atoms with Gasteiger partial charge in [0.15, 0.2) is 11.5 Å². The lowest BCUT2D eigenvalue weighted by Crippen LogP contribution is -2.51. The van der Waals surface area contributed by atoms with Crippen molar-refractivity contribution in [2.24, 2.45) is 52.3 Å². The van der Waals surface area contributed by atoms with Crippen molar-refractivity contribution in [1.82, 2.24) is 19.5 Å². The predicted molar refractivity (Wildman–Crippen MR) is 218 cm³/mol. The van der Waals surface area contributed by atoms with E-state index >= 15 is 0 Å².